The van der Waals surface area contributed by atoms with E-state index < -0.39 is 6.10 Å². The lowest BCUT2D eigenvalue weighted by atomic mass is 10.0. The molecule has 0 aromatic heterocycles. The smallest absolute Gasteiger partial charge is 0.308 e. The lowest BCUT2D eigenvalue weighted by molar-refractivity contribution is -0.158. The minimum Gasteiger partial charge on any atom is -0.463 e. The summed E-state index contributed by atoms with van der Waals surface area (Å²) >= 11 is 0. The molecule has 33 heavy (non-hydrogen) atoms. The van der Waals surface area contributed by atoms with E-state index in [1.807, 2.05) is 13.8 Å². The van der Waals surface area contributed by atoms with E-state index in [2.05, 4.69) is 62.4 Å². The summed E-state index contributed by atoms with van der Waals surface area (Å²) in [4.78, 5) is 24.7. The first-order valence-corrected chi connectivity index (χ1v) is 11.8. The van der Waals surface area contributed by atoms with Crippen LogP contribution in [0.4, 0.5) is 0 Å². The van der Waals surface area contributed by atoms with Crippen molar-refractivity contribution in [1.29, 1.82) is 0 Å². The zero-order chi connectivity index (χ0) is 24.2. The average molecular weight is 455 g/mol. The van der Waals surface area contributed by atoms with Crippen molar-refractivity contribution in [1.82, 2.24) is 0 Å². The molecule has 0 bridgehead atoms. The fourth-order valence-electron chi connectivity index (χ4n) is 3.33. The summed E-state index contributed by atoms with van der Waals surface area (Å²) in [7, 11) is 1.52. The number of hydrogen-bond donors (Lipinski definition) is 0. The molecular formula is C28H38O5. The largest absolute Gasteiger partial charge is 0.463 e. The molecule has 5 nitrogen and oxygen atoms in total. The Morgan fingerprint density at radius 1 is 0.697 bits per heavy atom. The van der Waals surface area contributed by atoms with E-state index >= 15 is 0 Å². The van der Waals surface area contributed by atoms with E-state index in [0.717, 1.165) is 12.8 Å². The lowest BCUT2D eigenvalue weighted by Crippen LogP contribution is -2.30. The normalized spacial score (nSPS) is 13.7. The van der Waals surface area contributed by atoms with Crippen LogP contribution >= 0.6 is 0 Å². The topological polar surface area (TPSA) is 61.8 Å². The molecule has 180 valence electrons. The van der Waals surface area contributed by atoms with Gasteiger partial charge in [0.1, 0.15) is 19.3 Å². The van der Waals surface area contributed by atoms with Gasteiger partial charge in [0.2, 0.25) is 0 Å². The zero-order valence-electron chi connectivity index (χ0n) is 20.6. The van der Waals surface area contributed by atoms with Gasteiger partial charge in [0.05, 0.1) is 11.8 Å². The molecule has 0 aliphatic carbocycles. The summed E-state index contributed by atoms with van der Waals surface area (Å²) in [5.41, 5.74) is 4.85. The number of methoxy groups -OCH3 is 1. The molecule has 0 saturated carbocycles. The van der Waals surface area contributed by atoms with Crippen molar-refractivity contribution >= 4 is 11.9 Å². The number of benzene rings is 2. The minimum atomic E-state index is -0.480. The number of esters is 2. The molecule has 0 saturated heterocycles. The van der Waals surface area contributed by atoms with Gasteiger partial charge in [-0.1, -0.05) is 73.5 Å². The first-order valence-electron chi connectivity index (χ1n) is 11.8. The maximum atomic E-state index is 12.3. The van der Waals surface area contributed by atoms with Gasteiger partial charge in [-0.05, 0) is 50.7 Å². The summed E-state index contributed by atoms with van der Waals surface area (Å²) in [5.74, 6) is -0.954. The van der Waals surface area contributed by atoms with Crippen LogP contribution in [0.2, 0.25) is 0 Å². The van der Waals surface area contributed by atoms with Gasteiger partial charge < -0.3 is 14.2 Å². The average Bonchev–Trinajstić information content (AvgIpc) is 2.82. The molecule has 2 aromatic carbocycles. The third-order valence-corrected chi connectivity index (χ3v) is 5.93. The van der Waals surface area contributed by atoms with Crippen LogP contribution in [-0.4, -0.2) is 38.4 Å². The van der Waals surface area contributed by atoms with Crippen LogP contribution < -0.4 is 0 Å². The highest BCUT2D eigenvalue weighted by atomic mass is 16.6. The van der Waals surface area contributed by atoms with Crippen LogP contribution in [0, 0.1) is 25.7 Å². The molecule has 0 radical (unpaired) electrons. The van der Waals surface area contributed by atoms with E-state index in [9.17, 15) is 9.59 Å². The fraction of sp³-hybridized carbons (Fsp3) is 0.500. The third kappa shape index (κ3) is 9.79. The SMILES string of the molecule is COC(COC(=O)C(C)CCc1ccc(C)cc1)COC(=O)C(C)CCc1ccc(C)cc1. The van der Waals surface area contributed by atoms with Crippen LogP contribution in [0.25, 0.3) is 0 Å². The molecule has 0 amide bonds. The van der Waals surface area contributed by atoms with E-state index in [4.69, 9.17) is 14.2 Å². The molecular weight excluding hydrogens is 416 g/mol. The summed E-state index contributed by atoms with van der Waals surface area (Å²) in [6.45, 7) is 7.98. The van der Waals surface area contributed by atoms with Crippen molar-refractivity contribution in [2.24, 2.45) is 11.8 Å². The second-order valence-corrected chi connectivity index (χ2v) is 8.97. The Labute approximate surface area is 198 Å². The molecule has 0 aliphatic rings. The number of aryl methyl sites for hydroxylation is 4. The summed E-state index contributed by atoms with van der Waals surface area (Å²) in [5, 5.41) is 0. The number of hydrogen-bond acceptors (Lipinski definition) is 5. The molecule has 2 rings (SSSR count). The minimum absolute atomic E-state index is 0.0647. The van der Waals surface area contributed by atoms with Crippen LogP contribution in [0.5, 0.6) is 0 Å². The summed E-state index contributed by atoms with van der Waals surface area (Å²) < 4.78 is 16.2. The summed E-state index contributed by atoms with van der Waals surface area (Å²) in [6.07, 6.45) is 2.59. The Bertz CT molecular complexity index is 785. The highest BCUT2D eigenvalue weighted by molar-refractivity contribution is 5.72. The molecule has 0 heterocycles. The number of carbonyl (C=O) groups is 2. The van der Waals surface area contributed by atoms with Crippen molar-refractivity contribution < 1.29 is 23.8 Å². The van der Waals surface area contributed by atoms with Gasteiger partial charge in [-0.2, -0.15) is 0 Å². The predicted octanol–water partition coefficient (Wildman–Crippen LogP) is 5.24. The number of rotatable bonds is 13. The Kier molecular flexibility index (Phi) is 11.1. The van der Waals surface area contributed by atoms with Crippen LogP contribution in [-0.2, 0) is 36.6 Å². The Hall–Kier alpha value is -2.66. The molecule has 2 aromatic rings. The monoisotopic (exact) mass is 454 g/mol. The van der Waals surface area contributed by atoms with Gasteiger partial charge in [0.15, 0.2) is 0 Å². The fourth-order valence-corrected chi connectivity index (χ4v) is 3.33. The second-order valence-electron chi connectivity index (χ2n) is 8.97. The molecule has 5 heteroatoms. The van der Waals surface area contributed by atoms with E-state index in [0.29, 0.717) is 12.8 Å². The quantitative estimate of drug-likeness (QED) is 0.387. The van der Waals surface area contributed by atoms with Crippen LogP contribution in [0.3, 0.4) is 0 Å². The van der Waals surface area contributed by atoms with E-state index in [1.165, 1.54) is 29.4 Å². The lowest BCUT2D eigenvalue weighted by Gasteiger charge is -2.19. The predicted molar refractivity (Wildman–Crippen MR) is 130 cm³/mol. The number of ether oxygens (including phenoxy) is 3. The maximum Gasteiger partial charge on any atom is 0.308 e. The second kappa shape index (κ2) is 13.8. The molecule has 2 atom stereocenters. The Balaban J connectivity index is 1.67. The molecule has 0 N–H and O–H groups in total. The van der Waals surface area contributed by atoms with Crippen molar-refractivity contribution in [3.05, 3.63) is 70.8 Å². The van der Waals surface area contributed by atoms with Gasteiger partial charge in [0, 0.05) is 7.11 Å². The molecule has 0 fully saturated rings. The molecule has 0 spiro atoms. The first-order chi connectivity index (χ1) is 15.8. The van der Waals surface area contributed by atoms with Gasteiger partial charge in [0.25, 0.3) is 0 Å². The van der Waals surface area contributed by atoms with Gasteiger partial charge in [-0.25, -0.2) is 0 Å². The standard InChI is InChI=1S/C28H38O5/c1-20-6-12-24(13-7-20)16-10-22(3)27(29)32-18-26(31-5)19-33-28(30)23(4)11-17-25-14-8-21(2)9-15-25/h6-9,12-15,22-23,26H,10-11,16-19H2,1-5H3. The van der Waals surface area contributed by atoms with Crippen molar-refractivity contribution in [3.63, 3.8) is 0 Å². The summed E-state index contributed by atoms with van der Waals surface area (Å²) in [6, 6.07) is 16.7. The number of carbonyl (C=O) groups excluding carboxylic acids is 2. The molecule has 2 unspecified atom stereocenters. The van der Waals surface area contributed by atoms with E-state index in [-0.39, 0.29) is 37.0 Å². The van der Waals surface area contributed by atoms with Crippen LogP contribution in [0.1, 0.15) is 48.9 Å². The maximum absolute atomic E-state index is 12.3. The zero-order valence-corrected chi connectivity index (χ0v) is 20.6. The van der Waals surface area contributed by atoms with Gasteiger partial charge in [-0.3, -0.25) is 9.59 Å². The van der Waals surface area contributed by atoms with Crippen molar-refractivity contribution in [2.45, 2.75) is 59.5 Å². The molecule has 0 aliphatic heterocycles. The highest BCUT2D eigenvalue weighted by Gasteiger charge is 2.20. The highest BCUT2D eigenvalue weighted by Crippen LogP contribution is 2.14. The first kappa shape index (κ1) is 26.6. The van der Waals surface area contributed by atoms with Crippen molar-refractivity contribution in [3.8, 4) is 0 Å². The van der Waals surface area contributed by atoms with Gasteiger partial charge in [-0.15, -0.1) is 0 Å². The van der Waals surface area contributed by atoms with E-state index in [1.54, 1.807) is 0 Å². The van der Waals surface area contributed by atoms with Crippen LogP contribution in [0.15, 0.2) is 48.5 Å². The van der Waals surface area contributed by atoms with Gasteiger partial charge >= 0.3 is 11.9 Å². The third-order valence-electron chi connectivity index (χ3n) is 5.93. The Morgan fingerprint density at radius 2 is 1.06 bits per heavy atom. The van der Waals surface area contributed by atoms with Crippen molar-refractivity contribution in [2.75, 3.05) is 20.3 Å². The Morgan fingerprint density at radius 3 is 1.39 bits per heavy atom.